The van der Waals surface area contributed by atoms with E-state index in [1.165, 1.54) is 0 Å². The van der Waals surface area contributed by atoms with Crippen molar-refractivity contribution in [1.82, 2.24) is 29.7 Å². The normalized spacial score (nSPS) is 10.9. The minimum absolute atomic E-state index is 0.584. The lowest BCUT2D eigenvalue weighted by atomic mass is 10.0. The molecule has 1 aromatic carbocycles. The summed E-state index contributed by atoms with van der Waals surface area (Å²) in [5.74, 6) is 0.771. The molecule has 4 rings (SSSR count). The minimum Gasteiger partial charge on any atom is -0.397 e. The summed E-state index contributed by atoms with van der Waals surface area (Å²) in [5.41, 5.74) is 12.2. The molecular weight excluding hydrogens is 342 g/mol. The molecule has 0 aliphatic rings. The number of aryl methyl sites for hydroxylation is 3. The van der Waals surface area contributed by atoms with Gasteiger partial charge in [-0.15, -0.1) is 5.10 Å². The van der Waals surface area contributed by atoms with Crippen LogP contribution in [0.4, 0.5) is 5.69 Å². The Hall–Kier alpha value is -3.16. The van der Waals surface area contributed by atoms with E-state index in [0.29, 0.717) is 12.2 Å². The first-order chi connectivity index (χ1) is 13.1. The minimum atomic E-state index is 0.584. The molecule has 0 spiro atoms. The summed E-state index contributed by atoms with van der Waals surface area (Å²) in [6.07, 6.45) is 3.72. The van der Waals surface area contributed by atoms with Gasteiger partial charge in [0.2, 0.25) is 0 Å². The molecule has 0 bridgehead atoms. The van der Waals surface area contributed by atoms with Gasteiger partial charge >= 0.3 is 0 Å². The number of nitrogens with two attached hydrogens (primary N) is 1. The Balaban J connectivity index is 0.00000102. The van der Waals surface area contributed by atoms with E-state index in [9.17, 15) is 0 Å². The average Bonchev–Trinajstić information content (AvgIpc) is 3.37. The van der Waals surface area contributed by atoms with Gasteiger partial charge in [0.05, 0.1) is 36.0 Å². The van der Waals surface area contributed by atoms with Crippen LogP contribution < -0.4 is 5.73 Å². The monoisotopic (exact) mass is 367 g/mol. The van der Waals surface area contributed by atoms with E-state index < -0.39 is 0 Å². The lowest BCUT2D eigenvalue weighted by Crippen LogP contribution is -1.99. The van der Waals surface area contributed by atoms with E-state index in [-0.39, 0.29) is 0 Å². The molecule has 0 amide bonds. The molecule has 0 atom stereocenters. The number of hydrogen-bond donors (Lipinski definition) is 1. The predicted octanol–water partition coefficient (Wildman–Crippen LogP) is 3.58. The summed E-state index contributed by atoms with van der Waals surface area (Å²) < 4.78 is 9.12. The van der Waals surface area contributed by atoms with Crippen LogP contribution >= 0.6 is 0 Å². The fourth-order valence-electron chi connectivity index (χ4n) is 3.10. The highest BCUT2D eigenvalue weighted by Crippen LogP contribution is 2.32. The number of rotatable bonds is 4. The number of benzene rings is 1. The molecule has 2 N–H and O–H groups in total. The van der Waals surface area contributed by atoms with Crippen LogP contribution in [0.5, 0.6) is 0 Å². The van der Waals surface area contributed by atoms with E-state index in [1.54, 1.807) is 11.0 Å². The summed E-state index contributed by atoms with van der Waals surface area (Å²) in [7, 11) is 0. The highest BCUT2D eigenvalue weighted by Gasteiger charge is 2.16. The second-order valence-corrected chi connectivity index (χ2v) is 6.07. The predicted molar refractivity (Wildman–Crippen MR) is 105 cm³/mol. The van der Waals surface area contributed by atoms with Crippen molar-refractivity contribution in [2.45, 2.75) is 47.7 Å². The van der Waals surface area contributed by atoms with Gasteiger partial charge in [0.25, 0.3) is 0 Å². The largest absolute Gasteiger partial charge is 0.397 e. The third-order valence-electron chi connectivity index (χ3n) is 4.32. The second kappa shape index (κ2) is 7.61. The Morgan fingerprint density at radius 2 is 1.96 bits per heavy atom. The molecule has 27 heavy (non-hydrogen) atoms. The van der Waals surface area contributed by atoms with Crippen LogP contribution in [0.3, 0.4) is 0 Å². The van der Waals surface area contributed by atoms with Gasteiger partial charge in [0.15, 0.2) is 0 Å². The number of nitrogens with zero attached hydrogens (tertiary/aromatic N) is 6. The standard InChI is InChI=1S/C17H19N7O.C2H6/c1-4-24-8-13(20-22-24)7-23-9-19-17-14(18)5-12(6-15(17)23)16-10(2)21-25-11(16)3;1-2/h5-6,8-9H,4,7,18H2,1-3H3;1-2H3. The Bertz CT molecular complexity index is 1040. The first kappa shape index (κ1) is 18.6. The number of aromatic nitrogens is 6. The van der Waals surface area contributed by atoms with Crippen LogP contribution in [0, 0.1) is 13.8 Å². The Labute approximate surface area is 158 Å². The number of fused-ring (bicyclic) bond motifs is 1. The van der Waals surface area contributed by atoms with Crippen molar-refractivity contribution < 1.29 is 4.52 Å². The molecule has 8 heteroatoms. The molecule has 142 valence electrons. The molecule has 0 aliphatic heterocycles. The molecule has 3 heterocycles. The molecule has 0 radical (unpaired) electrons. The molecule has 8 nitrogen and oxygen atoms in total. The summed E-state index contributed by atoms with van der Waals surface area (Å²) in [6.45, 7) is 11.2. The van der Waals surface area contributed by atoms with Gasteiger partial charge in [-0.25, -0.2) is 4.98 Å². The van der Waals surface area contributed by atoms with Crippen molar-refractivity contribution in [1.29, 1.82) is 0 Å². The number of imidazole rings is 1. The average molecular weight is 367 g/mol. The molecule has 0 fully saturated rings. The lowest BCUT2D eigenvalue weighted by molar-refractivity contribution is 0.393. The smallest absolute Gasteiger partial charge is 0.141 e. The van der Waals surface area contributed by atoms with Crippen molar-refractivity contribution in [3.8, 4) is 11.1 Å². The summed E-state index contributed by atoms with van der Waals surface area (Å²) in [5, 5.41) is 12.3. The van der Waals surface area contributed by atoms with Crippen LogP contribution in [-0.2, 0) is 13.1 Å². The van der Waals surface area contributed by atoms with E-state index in [1.807, 2.05) is 51.4 Å². The van der Waals surface area contributed by atoms with Crippen LogP contribution in [0.1, 0.15) is 37.9 Å². The van der Waals surface area contributed by atoms with Crippen LogP contribution in [0.2, 0.25) is 0 Å². The molecule has 3 aromatic heterocycles. The lowest BCUT2D eigenvalue weighted by Gasteiger charge is -2.06. The first-order valence-electron chi connectivity index (χ1n) is 9.13. The van der Waals surface area contributed by atoms with E-state index in [4.69, 9.17) is 10.3 Å². The molecular formula is C19H25N7O. The highest BCUT2D eigenvalue weighted by molar-refractivity contribution is 5.92. The zero-order valence-electron chi connectivity index (χ0n) is 16.4. The molecule has 0 saturated carbocycles. The maximum absolute atomic E-state index is 6.24. The van der Waals surface area contributed by atoms with Gasteiger partial charge in [0, 0.05) is 12.1 Å². The zero-order valence-corrected chi connectivity index (χ0v) is 16.4. The van der Waals surface area contributed by atoms with Gasteiger partial charge in [-0.3, -0.25) is 4.68 Å². The van der Waals surface area contributed by atoms with Crippen molar-refractivity contribution in [2.75, 3.05) is 5.73 Å². The fraction of sp³-hybridized carbons (Fsp3) is 0.368. The van der Waals surface area contributed by atoms with Gasteiger partial charge in [-0.2, -0.15) is 0 Å². The number of anilines is 1. The van der Waals surface area contributed by atoms with Crippen molar-refractivity contribution in [3.63, 3.8) is 0 Å². The topological polar surface area (TPSA) is 101 Å². The van der Waals surface area contributed by atoms with E-state index in [2.05, 4.69) is 26.5 Å². The van der Waals surface area contributed by atoms with Gasteiger partial charge in [-0.1, -0.05) is 24.2 Å². The van der Waals surface area contributed by atoms with Crippen molar-refractivity contribution in [2.24, 2.45) is 0 Å². The van der Waals surface area contributed by atoms with Crippen LogP contribution in [-0.4, -0.2) is 29.7 Å². The Kier molecular flexibility index (Phi) is 5.25. The summed E-state index contributed by atoms with van der Waals surface area (Å²) in [6, 6.07) is 3.98. The summed E-state index contributed by atoms with van der Waals surface area (Å²) >= 11 is 0. The third-order valence-corrected chi connectivity index (χ3v) is 4.32. The fourth-order valence-corrected chi connectivity index (χ4v) is 3.10. The first-order valence-corrected chi connectivity index (χ1v) is 9.13. The third kappa shape index (κ3) is 3.42. The van der Waals surface area contributed by atoms with Gasteiger partial charge < -0.3 is 14.8 Å². The zero-order chi connectivity index (χ0) is 19.6. The van der Waals surface area contributed by atoms with Crippen LogP contribution in [0.25, 0.3) is 22.2 Å². The molecule has 0 aliphatic carbocycles. The molecule has 4 aromatic rings. The Morgan fingerprint density at radius 3 is 2.59 bits per heavy atom. The Morgan fingerprint density at radius 1 is 1.19 bits per heavy atom. The molecule has 0 unspecified atom stereocenters. The van der Waals surface area contributed by atoms with Gasteiger partial charge in [0.1, 0.15) is 17.0 Å². The van der Waals surface area contributed by atoms with Crippen LogP contribution in [0.15, 0.2) is 29.2 Å². The SMILES string of the molecule is CC.CCn1cc(Cn2cnc3c(N)cc(-c4c(C)noc4C)cc32)nn1. The number of nitrogen functional groups attached to an aromatic ring is 1. The highest BCUT2D eigenvalue weighted by atomic mass is 16.5. The summed E-state index contributed by atoms with van der Waals surface area (Å²) in [4.78, 5) is 4.45. The van der Waals surface area contributed by atoms with Gasteiger partial charge in [-0.05, 0) is 38.5 Å². The van der Waals surface area contributed by atoms with Crippen molar-refractivity contribution in [3.05, 3.63) is 41.8 Å². The molecule has 0 saturated heterocycles. The maximum atomic E-state index is 6.24. The van der Waals surface area contributed by atoms with E-state index >= 15 is 0 Å². The number of hydrogen-bond acceptors (Lipinski definition) is 6. The second-order valence-electron chi connectivity index (χ2n) is 6.07. The quantitative estimate of drug-likeness (QED) is 0.553. The maximum Gasteiger partial charge on any atom is 0.141 e. The van der Waals surface area contributed by atoms with E-state index in [0.717, 1.165) is 45.9 Å². The van der Waals surface area contributed by atoms with Crippen molar-refractivity contribution >= 4 is 16.7 Å².